The summed E-state index contributed by atoms with van der Waals surface area (Å²) in [4.78, 5) is 0. The van der Waals surface area contributed by atoms with Crippen LogP contribution in [0.15, 0.2) is 182 Å². The van der Waals surface area contributed by atoms with E-state index in [0.29, 0.717) is 0 Å². The van der Waals surface area contributed by atoms with Gasteiger partial charge in [-0.05, 0) is 102 Å². The molecule has 7 N–H and O–H groups in total. The van der Waals surface area contributed by atoms with Crippen LogP contribution in [0.3, 0.4) is 0 Å². The van der Waals surface area contributed by atoms with E-state index in [-0.39, 0.29) is 0 Å². The smallest absolute Gasteiger partial charge is 0.122 e. The predicted octanol–water partition coefficient (Wildman–Crippen LogP) is 10.7. The highest BCUT2D eigenvalue weighted by molar-refractivity contribution is 5.40. The fourth-order valence-corrected chi connectivity index (χ4v) is 9.04. The van der Waals surface area contributed by atoms with Gasteiger partial charge in [-0.1, -0.05) is 146 Å². The van der Waals surface area contributed by atoms with E-state index in [1.165, 1.54) is 66.8 Å². The van der Waals surface area contributed by atoms with Crippen LogP contribution in [0.5, 0.6) is 23.0 Å². The highest BCUT2D eigenvalue weighted by atomic mass is 16.5. The van der Waals surface area contributed by atoms with Crippen molar-refractivity contribution in [1.82, 2.24) is 37.2 Å². The number of ether oxygens (including phenoxy) is 4. The molecule has 0 saturated carbocycles. The van der Waals surface area contributed by atoms with Crippen molar-refractivity contribution >= 4 is 0 Å². The minimum absolute atomic E-state index is 0.735. The van der Waals surface area contributed by atoms with Crippen LogP contribution in [-0.4, -0.2) is 28.4 Å². The van der Waals surface area contributed by atoms with Gasteiger partial charge in [0.1, 0.15) is 23.0 Å². The van der Waals surface area contributed by atoms with E-state index < -0.39 is 0 Å². The molecule has 0 unspecified atom stereocenters. The van der Waals surface area contributed by atoms with Gasteiger partial charge in [0.05, 0.1) is 28.4 Å². The Morgan fingerprint density at radius 2 is 0.299 bits per heavy atom. The van der Waals surface area contributed by atoms with Crippen LogP contribution in [0.1, 0.15) is 77.9 Å². The first-order valence-electron chi connectivity index (χ1n) is 26.7. The van der Waals surface area contributed by atoms with Crippen LogP contribution in [0, 0.1) is 0 Å². The van der Waals surface area contributed by atoms with Crippen molar-refractivity contribution in [1.29, 1.82) is 0 Å². The second-order valence-electron chi connectivity index (χ2n) is 19.6. The first-order valence-corrected chi connectivity index (χ1v) is 26.7. The maximum atomic E-state index is 5.40. The van der Waals surface area contributed by atoms with Gasteiger partial charge in [0.2, 0.25) is 0 Å². The average Bonchev–Trinajstić information content (AvgIpc) is 3.47. The molecule has 0 aliphatic carbocycles. The second-order valence-corrected chi connectivity index (χ2v) is 19.6. The summed E-state index contributed by atoms with van der Waals surface area (Å²) in [5.74, 6) is 3.20. The molecule has 400 valence electrons. The molecule has 0 spiro atoms. The molecule has 8 aromatic carbocycles. The standard InChI is InChI=1S/C66H77N7O4/c1-74-63-29-61(30-64(33-63)75-2)47-72-45-59-25-21-57(22-26-59)43-70-41-55-17-13-53(14-18-55)39-68-37-51-9-5-49(6-10-51)35-67-36-50-7-11-52(12-8-50)38-69-40-54-15-19-56(20-16-54)42-71-44-58-23-27-60(28-24-58)46-73-48-62-31-65(76-3)34-66(32-62)77-4/h5-34,67-73H,35-48H2,1-4H3. The third-order valence-electron chi connectivity index (χ3n) is 13.6. The molecular formula is C66H77N7O4. The van der Waals surface area contributed by atoms with Crippen LogP contribution in [-0.2, 0) is 91.6 Å². The number of methoxy groups -OCH3 is 4. The molecule has 0 fully saturated rings. The van der Waals surface area contributed by atoms with E-state index in [4.69, 9.17) is 18.9 Å². The van der Waals surface area contributed by atoms with Gasteiger partial charge >= 0.3 is 0 Å². The van der Waals surface area contributed by atoms with E-state index >= 15 is 0 Å². The van der Waals surface area contributed by atoms with Gasteiger partial charge in [-0.2, -0.15) is 0 Å². The molecule has 8 rings (SSSR count). The Morgan fingerprint density at radius 3 is 0.416 bits per heavy atom. The Labute approximate surface area is 457 Å². The van der Waals surface area contributed by atoms with Gasteiger partial charge in [-0.3, -0.25) is 0 Å². The molecule has 11 heteroatoms. The van der Waals surface area contributed by atoms with Gasteiger partial charge in [0, 0.05) is 104 Å². The molecule has 0 aromatic heterocycles. The molecule has 11 nitrogen and oxygen atoms in total. The molecule has 0 heterocycles. The van der Waals surface area contributed by atoms with Gasteiger partial charge in [-0.25, -0.2) is 0 Å². The zero-order valence-electron chi connectivity index (χ0n) is 45.4. The first kappa shape index (κ1) is 55.9. The maximum absolute atomic E-state index is 5.40. The minimum Gasteiger partial charge on any atom is -0.497 e. The van der Waals surface area contributed by atoms with Gasteiger partial charge in [0.15, 0.2) is 0 Å². The van der Waals surface area contributed by atoms with E-state index in [1.807, 2.05) is 36.4 Å². The summed E-state index contributed by atoms with van der Waals surface area (Å²) >= 11 is 0. The van der Waals surface area contributed by atoms with Gasteiger partial charge < -0.3 is 56.2 Å². The van der Waals surface area contributed by atoms with Crippen molar-refractivity contribution in [3.05, 3.63) is 260 Å². The maximum Gasteiger partial charge on any atom is 0.122 e. The monoisotopic (exact) mass is 1030 g/mol. The molecule has 77 heavy (non-hydrogen) atoms. The van der Waals surface area contributed by atoms with Crippen LogP contribution in [0.4, 0.5) is 0 Å². The lowest BCUT2D eigenvalue weighted by Gasteiger charge is -2.11. The lowest BCUT2D eigenvalue weighted by Crippen LogP contribution is -2.15. The Kier molecular flexibility index (Phi) is 22.1. The summed E-state index contributed by atoms with van der Waals surface area (Å²) in [7, 11) is 6.70. The van der Waals surface area contributed by atoms with Gasteiger partial charge in [-0.15, -0.1) is 0 Å². The molecule has 0 aliphatic heterocycles. The highest BCUT2D eigenvalue weighted by Crippen LogP contribution is 2.24. The summed E-state index contributed by atoms with van der Waals surface area (Å²) in [6, 6.07) is 65.1. The Morgan fingerprint density at radius 1 is 0.182 bits per heavy atom. The zero-order chi connectivity index (χ0) is 53.3. The van der Waals surface area contributed by atoms with Crippen molar-refractivity contribution in [2.45, 2.75) is 91.6 Å². The summed E-state index contributed by atoms with van der Waals surface area (Å²) in [5.41, 5.74) is 17.5. The number of rotatable bonds is 32. The fraction of sp³-hybridized carbons (Fsp3) is 0.273. The molecule has 0 saturated heterocycles. The van der Waals surface area contributed by atoms with Crippen LogP contribution in [0.25, 0.3) is 0 Å². The normalized spacial score (nSPS) is 11.2. The number of hydrogen-bond acceptors (Lipinski definition) is 11. The molecule has 0 bridgehead atoms. The molecule has 0 radical (unpaired) electrons. The molecule has 0 aliphatic rings. The zero-order valence-corrected chi connectivity index (χ0v) is 45.4. The SMILES string of the molecule is COc1cc(CNCc2ccc(CNCc3ccc(CNCc4ccc(CNCc5ccc(CNCc6ccc(CNCc7ccc(CNCc8cc(OC)cc(OC)c8)cc7)cc6)cc5)cc4)cc3)cc2)cc(OC)c1. The number of nitrogens with one attached hydrogen (secondary N) is 7. The third-order valence-corrected chi connectivity index (χ3v) is 13.6. The lowest BCUT2D eigenvalue weighted by molar-refractivity contribution is 0.393. The summed E-state index contributed by atoms with van der Waals surface area (Å²) in [5, 5.41) is 25.1. The minimum atomic E-state index is 0.735. The van der Waals surface area contributed by atoms with Crippen LogP contribution < -0.4 is 56.2 Å². The van der Waals surface area contributed by atoms with E-state index in [2.05, 4.69) is 183 Å². The lowest BCUT2D eigenvalue weighted by atomic mass is 10.1. The Bertz CT molecular complexity index is 2720. The molecule has 0 atom stereocenters. The van der Waals surface area contributed by atoms with Crippen molar-refractivity contribution in [2.24, 2.45) is 0 Å². The third kappa shape index (κ3) is 19.0. The Hall–Kier alpha value is -7.32. The van der Waals surface area contributed by atoms with E-state index in [1.54, 1.807) is 28.4 Å². The summed E-state index contributed by atoms with van der Waals surface area (Å²) < 4.78 is 21.6. The summed E-state index contributed by atoms with van der Waals surface area (Å²) in [6.45, 7) is 11.3. The largest absolute Gasteiger partial charge is 0.497 e. The van der Waals surface area contributed by atoms with Crippen LogP contribution in [0.2, 0.25) is 0 Å². The van der Waals surface area contributed by atoms with Crippen molar-refractivity contribution in [3.63, 3.8) is 0 Å². The van der Waals surface area contributed by atoms with Crippen molar-refractivity contribution in [3.8, 4) is 23.0 Å². The fourth-order valence-electron chi connectivity index (χ4n) is 9.04. The van der Waals surface area contributed by atoms with Crippen molar-refractivity contribution in [2.75, 3.05) is 28.4 Å². The first-order chi connectivity index (χ1) is 37.9. The van der Waals surface area contributed by atoms with E-state index in [9.17, 15) is 0 Å². The highest BCUT2D eigenvalue weighted by Gasteiger charge is 2.06. The topological polar surface area (TPSA) is 121 Å². The number of benzene rings is 8. The van der Waals surface area contributed by atoms with Gasteiger partial charge in [0.25, 0.3) is 0 Å². The summed E-state index contributed by atoms with van der Waals surface area (Å²) in [6.07, 6.45) is 0. The van der Waals surface area contributed by atoms with E-state index in [0.717, 1.165) is 126 Å². The van der Waals surface area contributed by atoms with Crippen LogP contribution >= 0.6 is 0 Å². The Balaban J connectivity index is 0.636. The number of hydrogen-bond donors (Lipinski definition) is 7. The molecule has 0 amide bonds. The molecular weight excluding hydrogens is 955 g/mol. The average molecular weight is 1030 g/mol. The van der Waals surface area contributed by atoms with Crippen molar-refractivity contribution < 1.29 is 18.9 Å². The quantitative estimate of drug-likeness (QED) is 0.0218. The predicted molar refractivity (Wildman–Crippen MR) is 312 cm³/mol. The second kappa shape index (κ2) is 30.4. The molecule has 8 aromatic rings.